The molecule has 0 radical (unpaired) electrons. The summed E-state index contributed by atoms with van der Waals surface area (Å²) in [5.74, 6) is -0.969. The summed E-state index contributed by atoms with van der Waals surface area (Å²) in [5.41, 5.74) is 1.94. The molecule has 3 rings (SSSR count). The van der Waals surface area contributed by atoms with E-state index in [-0.39, 0.29) is 49.1 Å². The maximum atomic E-state index is 13.7. The molecular formula is C31H46F2N4O4. The smallest absolute Gasteiger partial charge is 0.240 e. The number of hydrogen-bond donors (Lipinski definition) is 3. The third-order valence-electron chi connectivity index (χ3n) is 6.08. The van der Waals surface area contributed by atoms with Crippen molar-refractivity contribution in [3.8, 4) is 5.75 Å². The van der Waals surface area contributed by atoms with Crippen molar-refractivity contribution in [2.75, 3.05) is 39.8 Å². The molecule has 1 aliphatic rings. The van der Waals surface area contributed by atoms with E-state index in [1.54, 1.807) is 25.2 Å². The van der Waals surface area contributed by atoms with E-state index in [2.05, 4.69) is 16.0 Å². The normalized spacial score (nSPS) is 17.1. The number of ether oxygens (including phenoxy) is 1. The second kappa shape index (κ2) is 20.4. The molecule has 1 atom stereocenters. The lowest BCUT2D eigenvalue weighted by atomic mass is 10.1. The summed E-state index contributed by atoms with van der Waals surface area (Å²) in [6.45, 7) is 8.80. The number of nitrogens with one attached hydrogen (secondary N) is 3. The molecule has 0 saturated carbocycles. The van der Waals surface area contributed by atoms with Gasteiger partial charge in [0.15, 0.2) is 0 Å². The molecule has 1 aliphatic heterocycles. The highest BCUT2D eigenvalue weighted by Gasteiger charge is 2.23. The van der Waals surface area contributed by atoms with E-state index in [1.165, 1.54) is 29.2 Å². The Morgan fingerprint density at radius 2 is 1.63 bits per heavy atom. The average Bonchev–Trinajstić information content (AvgIpc) is 2.96. The summed E-state index contributed by atoms with van der Waals surface area (Å²) in [5, 5.41) is 8.48. The summed E-state index contributed by atoms with van der Waals surface area (Å²) in [6.07, 6.45) is 3.69. The van der Waals surface area contributed by atoms with E-state index >= 15 is 0 Å². The topological polar surface area (TPSA) is 99.8 Å². The van der Waals surface area contributed by atoms with Gasteiger partial charge in [-0.25, -0.2) is 8.78 Å². The molecule has 3 amide bonds. The Labute approximate surface area is 243 Å². The standard InChI is InChI=1S/C22H33FN4O4.C7H7F.C2H6/c1-3-4-7-18-22(30)27(2)15-21(29)26-14-20(28)25-10-5-6-16-8-9-17(23)13-19(16)31-12-11-24-18;1-6-2-4-7(8)5-3-6;1-2/h8-9,13,18,24H,3-7,10-12,14-15H2,1-2H3,(H,25,28)(H,26,29);2-5H,1H3;1-2H3/t18-;;/m0../s1. The molecule has 0 fully saturated rings. The quantitative estimate of drug-likeness (QED) is 0.510. The second-order valence-electron chi connectivity index (χ2n) is 9.47. The van der Waals surface area contributed by atoms with Crippen LogP contribution in [-0.2, 0) is 20.8 Å². The number of hydrogen-bond acceptors (Lipinski definition) is 5. The maximum absolute atomic E-state index is 13.7. The zero-order valence-corrected chi connectivity index (χ0v) is 25.0. The zero-order chi connectivity index (χ0) is 30.6. The number of aryl methyl sites for hydroxylation is 2. The molecule has 41 heavy (non-hydrogen) atoms. The van der Waals surface area contributed by atoms with Crippen LogP contribution in [0.4, 0.5) is 8.78 Å². The largest absolute Gasteiger partial charge is 0.492 e. The highest BCUT2D eigenvalue weighted by Crippen LogP contribution is 2.21. The first kappa shape index (κ1) is 35.5. The van der Waals surface area contributed by atoms with Gasteiger partial charge in [-0.3, -0.25) is 14.4 Å². The van der Waals surface area contributed by atoms with Crippen LogP contribution in [0.25, 0.3) is 0 Å². The van der Waals surface area contributed by atoms with Crippen LogP contribution in [0.3, 0.4) is 0 Å². The van der Waals surface area contributed by atoms with E-state index in [4.69, 9.17) is 4.74 Å². The van der Waals surface area contributed by atoms with E-state index in [9.17, 15) is 23.2 Å². The molecule has 10 heteroatoms. The van der Waals surface area contributed by atoms with Crippen molar-refractivity contribution in [1.29, 1.82) is 0 Å². The van der Waals surface area contributed by atoms with Crippen LogP contribution >= 0.6 is 0 Å². The average molecular weight is 577 g/mol. The van der Waals surface area contributed by atoms with Crippen molar-refractivity contribution in [3.63, 3.8) is 0 Å². The Bertz CT molecular complexity index is 1050. The number of rotatable bonds is 3. The van der Waals surface area contributed by atoms with E-state index in [1.807, 2.05) is 27.7 Å². The van der Waals surface area contributed by atoms with Gasteiger partial charge in [-0.2, -0.15) is 0 Å². The predicted octanol–water partition coefficient (Wildman–Crippen LogP) is 4.15. The molecule has 1 heterocycles. The van der Waals surface area contributed by atoms with Gasteiger partial charge >= 0.3 is 0 Å². The number of nitrogens with zero attached hydrogens (tertiary/aromatic N) is 1. The Hall–Kier alpha value is -3.53. The second-order valence-corrected chi connectivity index (χ2v) is 9.47. The van der Waals surface area contributed by atoms with Crippen molar-refractivity contribution < 1.29 is 27.9 Å². The molecule has 228 valence electrons. The van der Waals surface area contributed by atoms with Gasteiger partial charge in [0.1, 0.15) is 24.0 Å². The van der Waals surface area contributed by atoms with Crippen molar-refractivity contribution in [2.45, 2.75) is 65.8 Å². The number of benzene rings is 2. The SMILES string of the molecule is CC.CCCC[C@@H]1NCCOc2cc(F)ccc2CCCNC(=O)CNC(=O)CN(C)C1=O.Cc1ccc(F)cc1. The van der Waals surface area contributed by atoms with Gasteiger partial charge < -0.3 is 25.6 Å². The Kier molecular flexibility index (Phi) is 17.6. The number of likely N-dealkylation sites (N-methyl/N-ethyl adjacent to an activating group) is 1. The lowest BCUT2D eigenvalue weighted by Gasteiger charge is -2.24. The monoisotopic (exact) mass is 576 g/mol. The highest BCUT2D eigenvalue weighted by atomic mass is 19.1. The fourth-order valence-electron chi connectivity index (χ4n) is 3.88. The fraction of sp³-hybridized carbons (Fsp3) is 0.516. The van der Waals surface area contributed by atoms with Gasteiger partial charge in [0, 0.05) is 26.2 Å². The van der Waals surface area contributed by atoms with Crippen LogP contribution in [0.15, 0.2) is 42.5 Å². The molecule has 0 saturated heterocycles. The van der Waals surface area contributed by atoms with Crippen LogP contribution in [0.5, 0.6) is 5.75 Å². The lowest BCUT2D eigenvalue weighted by Crippen LogP contribution is -2.49. The number of unbranched alkanes of at least 4 members (excludes halogenated alkanes) is 1. The summed E-state index contributed by atoms with van der Waals surface area (Å²) in [6, 6.07) is 10.4. The number of carbonyl (C=O) groups excluding carboxylic acids is 3. The van der Waals surface area contributed by atoms with Crippen LogP contribution in [0, 0.1) is 18.6 Å². The molecule has 3 N–H and O–H groups in total. The molecule has 0 bridgehead atoms. The van der Waals surface area contributed by atoms with Gasteiger partial charge in [-0.05, 0) is 49.9 Å². The van der Waals surface area contributed by atoms with Crippen molar-refractivity contribution >= 4 is 17.7 Å². The lowest BCUT2D eigenvalue weighted by molar-refractivity contribution is -0.136. The first-order valence-electron chi connectivity index (χ1n) is 14.3. The molecule has 2 aromatic rings. The van der Waals surface area contributed by atoms with Gasteiger partial charge in [0.25, 0.3) is 0 Å². The van der Waals surface area contributed by atoms with Gasteiger partial charge in [0.2, 0.25) is 17.7 Å². The van der Waals surface area contributed by atoms with E-state index < -0.39 is 6.04 Å². The predicted molar refractivity (Wildman–Crippen MR) is 158 cm³/mol. The third kappa shape index (κ3) is 14.6. The molecule has 0 aromatic heterocycles. The van der Waals surface area contributed by atoms with Gasteiger partial charge in [-0.15, -0.1) is 0 Å². The summed E-state index contributed by atoms with van der Waals surface area (Å²) in [7, 11) is 1.57. The Balaban J connectivity index is 0.000000711. The summed E-state index contributed by atoms with van der Waals surface area (Å²) in [4.78, 5) is 38.2. The van der Waals surface area contributed by atoms with E-state index in [0.717, 1.165) is 24.0 Å². The van der Waals surface area contributed by atoms with Crippen molar-refractivity contribution in [3.05, 3.63) is 65.2 Å². The first-order chi connectivity index (χ1) is 19.7. The summed E-state index contributed by atoms with van der Waals surface area (Å²) < 4.78 is 31.6. The molecule has 0 unspecified atom stereocenters. The fourth-order valence-corrected chi connectivity index (χ4v) is 3.88. The van der Waals surface area contributed by atoms with Crippen LogP contribution < -0.4 is 20.7 Å². The first-order valence-corrected chi connectivity index (χ1v) is 14.3. The summed E-state index contributed by atoms with van der Waals surface area (Å²) >= 11 is 0. The van der Waals surface area contributed by atoms with Crippen LogP contribution in [0.2, 0.25) is 0 Å². The Morgan fingerprint density at radius 3 is 2.29 bits per heavy atom. The maximum Gasteiger partial charge on any atom is 0.240 e. The number of halogens is 2. The molecule has 0 spiro atoms. The Morgan fingerprint density at radius 1 is 0.951 bits per heavy atom. The van der Waals surface area contributed by atoms with Crippen molar-refractivity contribution in [1.82, 2.24) is 20.9 Å². The number of fused-ring (bicyclic) bond motifs is 1. The third-order valence-corrected chi connectivity index (χ3v) is 6.08. The minimum Gasteiger partial charge on any atom is -0.492 e. The molecule has 2 aromatic carbocycles. The minimum atomic E-state index is -0.449. The number of carbonyl (C=O) groups is 3. The minimum absolute atomic E-state index is 0.125. The van der Waals surface area contributed by atoms with Crippen LogP contribution in [0.1, 0.15) is 57.6 Å². The zero-order valence-electron chi connectivity index (χ0n) is 25.0. The van der Waals surface area contributed by atoms with Gasteiger partial charge in [0.05, 0.1) is 19.1 Å². The molecule has 0 aliphatic carbocycles. The van der Waals surface area contributed by atoms with Gasteiger partial charge in [-0.1, -0.05) is 57.4 Å². The highest BCUT2D eigenvalue weighted by molar-refractivity contribution is 5.89. The molecule has 8 nitrogen and oxygen atoms in total. The molecular weight excluding hydrogens is 530 g/mol. The van der Waals surface area contributed by atoms with Crippen molar-refractivity contribution in [2.24, 2.45) is 0 Å². The van der Waals surface area contributed by atoms with E-state index in [0.29, 0.717) is 38.1 Å². The number of amides is 3. The van der Waals surface area contributed by atoms with Crippen LogP contribution in [-0.4, -0.2) is 68.5 Å².